The molecule has 0 amide bonds. The van der Waals surface area contributed by atoms with Crippen LogP contribution in [0.5, 0.6) is 0 Å². The van der Waals surface area contributed by atoms with E-state index in [-0.39, 0.29) is 6.04 Å². The van der Waals surface area contributed by atoms with Crippen molar-refractivity contribution in [3.05, 3.63) is 0 Å². The highest BCUT2D eigenvalue weighted by atomic mass is 16.5. The Hall–Kier alpha value is -0.120. The molecule has 0 aromatic rings. The molecule has 84 valence electrons. The third-order valence-electron chi connectivity index (χ3n) is 3.36. The van der Waals surface area contributed by atoms with Crippen LogP contribution < -0.4 is 5.73 Å². The summed E-state index contributed by atoms with van der Waals surface area (Å²) in [5.74, 6) is 1.05. The summed E-state index contributed by atoms with van der Waals surface area (Å²) in [5, 5.41) is 0. The quantitative estimate of drug-likeness (QED) is 0.731. The van der Waals surface area contributed by atoms with Gasteiger partial charge in [0.1, 0.15) is 0 Å². The van der Waals surface area contributed by atoms with E-state index in [0.29, 0.717) is 17.9 Å². The number of hydrogen-bond donors (Lipinski definition) is 1. The summed E-state index contributed by atoms with van der Waals surface area (Å²) in [7, 11) is 1.74. The van der Waals surface area contributed by atoms with Crippen molar-refractivity contribution in [1.82, 2.24) is 0 Å². The van der Waals surface area contributed by atoms with Crippen molar-refractivity contribution in [2.24, 2.45) is 17.6 Å². The second-order valence-corrected chi connectivity index (χ2v) is 4.36. The van der Waals surface area contributed by atoms with E-state index >= 15 is 0 Å². The molecule has 4 atom stereocenters. The minimum absolute atomic E-state index is 0.252. The first-order valence-corrected chi connectivity index (χ1v) is 5.53. The second kappa shape index (κ2) is 5.69. The average Bonchev–Trinajstić information content (AvgIpc) is 2.59. The Bertz CT molecular complexity index is 163. The molecule has 1 fully saturated rings. The lowest BCUT2D eigenvalue weighted by Crippen LogP contribution is -2.39. The van der Waals surface area contributed by atoms with Gasteiger partial charge in [-0.25, -0.2) is 0 Å². The Morgan fingerprint density at radius 2 is 2.29 bits per heavy atom. The van der Waals surface area contributed by atoms with Gasteiger partial charge in [0.15, 0.2) is 0 Å². The molecule has 4 unspecified atom stereocenters. The summed E-state index contributed by atoms with van der Waals surface area (Å²) < 4.78 is 10.6. The molecule has 0 saturated carbocycles. The molecular formula is C11H23NO2. The van der Waals surface area contributed by atoms with E-state index in [4.69, 9.17) is 15.2 Å². The summed E-state index contributed by atoms with van der Waals surface area (Å²) >= 11 is 0. The van der Waals surface area contributed by atoms with Crippen LogP contribution in [0.1, 0.15) is 26.7 Å². The lowest BCUT2D eigenvalue weighted by Gasteiger charge is -2.27. The fraction of sp³-hybridized carbons (Fsp3) is 1.00. The summed E-state index contributed by atoms with van der Waals surface area (Å²) in [6.45, 7) is 6.00. The van der Waals surface area contributed by atoms with Crippen molar-refractivity contribution >= 4 is 0 Å². The highest BCUT2D eigenvalue weighted by molar-refractivity contribution is 4.85. The molecule has 0 radical (unpaired) electrons. The van der Waals surface area contributed by atoms with Gasteiger partial charge in [0.05, 0.1) is 6.10 Å². The van der Waals surface area contributed by atoms with Crippen molar-refractivity contribution in [3.8, 4) is 0 Å². The zero-order chi connectivity index (χ0) is 10.6. The number of hydrogen-bond acceptors (Lipinski definition) is 3. The maximum absolute atomic E-state index is 6.22. The van der Waals surface area contributed by atoms with Crippen LogP contribution in [0.3, 0.4) is 0 Å². The normalized spacial score (nSPS) is 31.7. The zero-order valence-corrected chi connectivity index (χ0v) is 9.53. The minimum atomic E-state index is 0.252. The van der Waals surface area contributed by atoms with Gasteiger partial charge in [-0.1, -0.05) is 6.92 Å². The first-order chi connectivity index (χ1) is 6.66. The molecule has 1 saturated heterocycles. The van der Waals surface area contributed by atoms with E-state index in [1.807, 2.05) is 0 Å². The molecule has 0 aromatic carbocycles. The Morgan fingerprint density at radius 1 is 1.57 bits per heavy atom. The maximum atomic E-state index is 6.22. The lowest BCUT2D eigenvalue weighted by molar-refractivity contribution is 0.0896. The predicted molar refractivity (Wildman–Crippen MR) is 57.2 cm³/mol. The fourth-order valence-electron chi connectivity index (χ4n) is 2.17. The van der Waals surface area contributed by atoms with Gasteiger partial charge in [0.2, 0.25) is 0 Å². The van der Waals surface area contributed by atoms with Crippen LogP contribution in [-0.4, -0.2) is 32.5 Å². The molecule has 0 aliphatic carbocycles. The molecule has 1 heterocycles. The van der Waals surface area contributed by atoms with Gasteiger partial charge in [0, 0.05) is 32.3 Å². The number of methoxy groups -OCH3 is 1. The molecule has 1 rings (SSSR count). The van der Waals surface area contributed by atoms with E-state index in [1.165, 1.54) is 0 Å². The molecule has 0 bridgehead atoms. The molecule has 2 N–H and O–H groups in total. The van der Waals surface area contributed by atoms with Crippen LogP contribution in [-0.2, 0) is 9.47 Å². The van der Waals surface area contributed by atoms with Crippen LogP contribution in [0.4, 0.5) is 0 Å². The molecule has 3 heteroatoms. The topological polar surface area (TPSA) is 44.5 Å². The van der Waals surface area contributed by atoms with Crippen molar-refractivity contribution in [2.45, 2.75) is 38.8 Å². The number of ether oxygens (including phenoxy) is 2. The highest BCUT2D eigenvalue weighted by Gasteiger charge is 2.32. The smallest absolute Gasteiger partial charge is 0.0590 e. The van der Waals surface area contributed by atoms with Crippen LogP contribution in [0, 0.1) is 11.8 Å². The maximum Gasteiger partial charge on any atom is 0.0590 e. The van der Waals surface area contributed by atoms with Crippen LogP contribution in [0.25, 0.3) is 0 Å². The Kier molecular flexibility index (Phi) is 4.85. The Morgan fingerprint density at radius 3 is 2.79 bits per heavy atom. The van der Waals surface area contributed by atoms with E-state index < -0.39 is 0 Å². The van der Waals surface area contributed by atoms with Crippen molar-refractivity contribution in [3.63, 3.8) is 0 Å². The van der Waals surface area contributed by atoms with Gasteiger partial charge in [0.25, 0.3) is 0 Å². The average molecular weight is 201 g/mol. The summed E-state index contributed by atoms with van der Waals surface area (Å²) in [5.41, 5.74) is 6.22. The van der Waals surface area contributed by atoms with Crippen molar-refractivity contribution in [2.75, 3.05) is 20.3 Å². The van der Waals surface area contributed by atoms with E-state index in [0.717, 1.165) is 26.1 Å². The zero-order valence-electron chi connectivity index (χ0n) is 9.53. The fourth-order valence-corrected chi connectivity index (χ4v) is 2.17. The SMILES string of the molecule is COCCC(C)C(N)C1CCOC1C. The van der Waals surface area contributed by atoms with Gasteiger partial charge in [-0.2, -0.15) is 0 Å². The highest BCUT2D eigenvalue weighted by Crippen LogP contribution is 2.27. The van der Waals surface area contributed by atoms with Gasteiger partial charge >= 0.3 is 0 Å². The van der Waals surface area contributed by atoms with Gasteiger partial charge < -0.3 is 15.2 Å². The minimum Gasteiger partial charge on any atom is -0.385 e. The Labute approximate surface area is 86.9 Å². The second-order valence-electron chi connectivity index (χ2n) is 4.36. The van der Waals surface area contributed by atoms with Crippen LogP contribution in [0.2, 0.25) is 0 Å². The van der Waals surface area contributed by atoms with Gasteiger partial charge in [-0.3, -0.25) is 0 Å². The third kappa shape index (κ3) is 2.94. The lowest BCUT2D eigenvalue weighted by atomic mass is 9.84. The first kappa shape index (κ1) is 12.0. The van der Waals surface area contributed by atoms with Crippen LogP contribution in [0.15, 0.2) is 0 Å². The molecule has 14 heavy (non-hydrogen) atoms. The molecule has 0 aromatic heterocycles. The largest absolute Gasteiger partial charge is 0.385 e. The van der Waals surface area contributed by atoms with Crippen LogP contribution >= 0.6 is 0 Å². The third-order valence-corrected chi connectivity index (χ3v) is 3.36. The van der Waals surface area contributed by atoms with E-state index in [9.17, 15) is 0 Å². The van der Waals surface area contributed by atoms with Gasteiger partial charge in [-0.15, -0.1) is 0 Å². The van der Waals surface area contributed by atoms with Crippen molar-refractivity contribution in [1.29, 1.82) is 0 Å². The van der Waals surface area contributed by atoms with Gasteiger partial charge in [-0.05, 0) is 25.7 Å². The summed E-state index contributed by atoms with van der Waals surface area (Å²) in [6.07, 6.45) is 2.48. The predicted octanol–water partition coefficient (Wildman–Crippen LogP) is 1.41. The molecule has 0 spiro atoms. The number of nitrogens with two attached hydrogens (primary N) is 1. The van der Waals surface area contributed by atoms with E-state index in [2.05, 4.69) is 13.8 Å². The molecular weight excluding hydrogens is 178 g/mol. The molecule has 1 aliphatic heterocycles. The first-order valence-electron chi connectivity index (χ1n) is 5.53. The molecule has 3 nitrogen and oxygen atoms in total. The Balaban J connectivity index is 2.34. The summed E-state index contributed by atoms with van der Waals surface area (Å²) in [6, 6.07) is 0.252. The standard InChI is InChI=1S/C11H23NO2/c1-8(4-6-13-3)11(12)10-5-7-14-9(10)2/h8-11H,4-7,12H2,1-3H3. The van der Waals surface area contributed by atoms with Crippen molar-refractivity contribution < 1.29 is 9.47 Å². The monoisotopic (exact) mass is 201 g/mol. The summed E-state index contributed by atoms with van der Waals surface area (Å²) in [4.78, 5) is 0. The van der Waals surface area contributed by atoms with E-state index in [1.54, 1.807) is 7.11 Å². The number of rotatable bonds is 5. The molecule has 1 aliphatic rings.